The van der Waals surface area contributed by atoms with Crippen LogP contribution in [0.3, 0.4) is 0 Å². The van der Waals surface area contributed by atoms with E-state index in [-0.39, 0.29) is 12.1 Å². The molecule has 2 aromatic rings. The van der Waals surface area contributed by atoms with Gasteiger partial charge in [-0.25, -0.2) is 4.79 Å². The fraction of sp³-hybridized carbons (Fsp3) is 0.409. The van der Waals surface area contributed by atoms with Crippen molar-refractivity contribution >= 4 is 11.8 Å². The summed E-state index contributed by atoms with van der Waals surface area (Å²) in [5.74, 6) is 0.823. The third-order valence-corrected chi connectivity index (χ3v) is 3.87. The molecular formula is C22H30N2O3. The van der Waals surface area contributed by atoms with Gasteiger partial charge in [0.2, 0.25) is 0 Å². The van der Waals surface area contributed by atoms with E-state index in [1.54, 1.807) is 0 Å². The van der Waals surface area contributed by atoms with E-state index in [4.69, 9.17) is 9.47 Å². The minimum absolute atomic E-state index is 0.00569. The van der Waals surface area contributed by atoms with Gasteiger partial charge in [-0.1, -0.05) is 37.3 Å². The highest BCUT2D eigenvalue weighted by Crippen LogP contribution is 2.17. The minimum Gasteiger partial charge on any atom is -0.489 e. The molecule has 0 spiro atoms. The summed E-state index contributed by atoms with van der Waals surface area (Å²) in [6.07, 6.45) is 0.422. The highest BCUT2D eigenvalue weighted by molar-refractivity contribution is 5.68. The van der Waals surface area contributed by atoms with E-state index < -0.39 is 5.60 Å². The maximum absolute atomic E-state index is 11.9. The van der Waals surface area contributed by atoms with Crippen molar-refractivity contribution in [3.8, 4) is 5.75 Å². The highest BCUT2D eigenvalue weighted by atomic mass is 16.6. The minimum atomic E-state index is -0.495. The number of ether oxygens (including phenoxy) is 2. The molecular weight excluding hydrogens is 340 g/mol. The second-order valence-corrected chi connectivity index (χ2v) is 7.43. The first kappa shape index (κ1) is 20.6. The molecule has 2 N–H and O–H groups in total. The van der Waals surface area contributed by atoms with E-state index in [1.807, 2.05) is 82.3 Å². The second-order valence-electron chi connectivity index (χ2n) is 7.43. The van der Waals surface area contributed by atoms with Gasteiger partial charge in [-0.3, -0.25) is 0 Å². The van der Waals surface area contributed by atoms with Gasteiger partial charge in [0, 0.05) is 18.3 Å². The average Bonchev–Trinajstić information content (AvgIpc) is 2.63. The van der Waals surface area contributed by atoms with Crippen LogP contribution >= 0.6 is 0 Å². The lowest BCUT2D eigenvalue weighted by Crippen LogP contribution is -2.42. The van der Waals surface area contributed by atoms with E-state index in [9.17, 15) is 4.79 Å². The lowest BCUT2D eigenvalue weighted by Gasteiger charge is -2.23. The fourth-order valence-corrected chi connectivity index (χ4v) is 2.42. The van der Waals surface area contributed by atoms with Crippen molar-refractivity contribution in [2.75, 3.05) is 11.9 Å². The molecule has 0 fully saturated rings. The van der Waals surface area contributed by atoms with E-state index in [0.29, 0.717) is 13.2 Å². The van der Waals surface area contributed by atoms with Crippen LogP contribution < -0.4 is 15.4 Å². The van der Waals surface area contributed by atoms with Crippen molar-refractivity contribution in [3.05, 3.63) is 60.2 Å². The fourth-order valence-electron chi connectivity index (χ4n) is 2.42. The van der Waals surface area contributed by atoms with E-state index in [0.717, 1.165) is 23.4 Å². The Morgan fingerprint density at radius 2 is 1.70 bits per heavy atom. The molecule has 2 aromatic carbocycles. The number of hydrogen-bond acceptors (Lipinski definition) is 4. The summed E-state index contributed by atoms with van der Waals surface area (Å²) in [7, 11) is 0. The lowest BCUT2D eigenvalue weighted by atomic mass is 10.2. The zero-order valence-electron chi connectivity index (χ0n) is 16.6. The van der Waals surface area contributed by atoms with Crippen molar-refractivity contribution in [2.24, 2.45) is 0 Å². The molecule has 27 heavy (non-hydrogen) atoms. The molecule has 0 saturated heterocycles. The third kappa shape index (κ3) is 8.03. The molecule has 0 saturated carbocycles. The molecule has 0 aliphatic carbocycles. The van der Waals surface area contributed by atoms with Gasteiger partial charge in [0.25, 0.3) is 0 Å². The number of amides is 1. The first-order valence-corrected chi connectivity index (χ1v) is 9.36. The van der Waals surface area contributed by atoms with Crippen LogP contribution in [-0.2, 0) is 11.3 Å². The molecule has 5 nitrogen and oxygen atoms in total. The molecule has 0 aromatic heterocycles. The molecule has 5 heteroatoms. The van der Waals surface area contributed by atoms with Crippen LogP contribution in [0.5, 0.6) is 5.75 Å². The number of carbonyl (C=O) groups is 1. The van der Waals surface area contributed by atoms with Crippen molar-refractivity contribution in [1.82, 2.24) is 5.32 Å². The van der Waals surface area contributed by atoms with Gasteiger partial charge < -0.3 is 20.1 Å². The van der Waals surface area contributed by atoms with Crippen LogP contribution in [0.4, 0.5) is 10.5 Å². The Balaban J connectivity index is 1.78. The van der Waals surface area contributed by atoms with Crippen molar-refractivity contribution in [3.63, 3.8) is 0 Å². The van der Waals surface area contributed by atoms with Crippen molar-refractivity contribution in [2.45, 2.75) is 52.4 Å². The van der Waals surface area contributed by atoms with Gasteiger partial charge in [-0.2, -0.15) is 0 Å². The van der Waals surface area contributed by atoms with Gasteiger partial charge in [0.15, 0.2) is 0 Å². The summed E-state index contributed by atoms with van der Waals surface area (Å²) < 4.78 is 11.1. The first-order valence-electron chi connectivity index (χ1n) is 9.36. The lowest BCUT2D eigenvalue weighted by molar-refractivity contribution is 0.0506. The highest BCUT2D eigenvalue weighted by Gasteiger charge is 2.18. The third-order valence-electron chi connectivity index (χ3n) is 3.87. The number of benzene rings is 2. The zero-order valence-corrected chi connectivity index (χ0v) is 16.6. The monoisotopic (exact) mass is 370 g/mol. The predicted octanol–water partition coefficient (Wildman–Crippen LogP) is 4.98. The smallest absolute Gasteiger partial charge is 0.407 e. The Kier molecular flexibility index (Phi) is 7.53. The maximum atomic E-state index is 11.9. The summed E-state index contributed by atoms with van der Waals surface area (Å²) >= 11 is 0. The summed E-state index contributed by atoms with van der Waals surface area (Å²) in [6, 6.07) is 17.9. The topological polar surface area (TPSA) is 59.6 Å². The molecule has 146 valence electrons. The summed E-state index contributed by atoms with van der Waals surface area (Å²) in [5, 5.41) is 6.23. The normalized spacial score (nSPS) is 12.1. The largest absolute Gasteiger partial charge is 0.489 e. The molecule has 0 unspecified atom stereocenters. The zero-order chi connectivity index (χ0) is 19.7. The van der Waals surface area contributed by atoms with Crippen molar-refractivity contribution < 1.29 is 14.3 Å². The molecule has 0 radical (unpaired) electrons. The predicted molar refractivity (Wildman–Crippen MR) is 109 cm³/mol. The summed E-state index contributed by atoms with van der Waals surface area (Å²) in [4.78, 5) is 11.9. The van der Waals surface area contributed by atoms with Crippen molar-refractivity contribution in [1.29, 1.82) is 0 Å². The molecule has 2 rings (SSSR count). The van der Waals surface area contributed by atoms with E-state index in [1.165, 1.54) is 0 Å². The first-order chi connectivity index (χ1) is 12.9. The number of hydrogen-bond donors (Lipinski definition) is 2. The van der Waals surface area contributed by atoms with Gasteiger partial charge in [0.1, 0.15) is 18.0 Å². The number of alkyl carbamates (subject to hydrolysis) is 1. The number of carbonyl (C=O) groups excluding carboxylic acids is 1. The Labute approximate surface area is 162 Å². The van der Waals surface area contributed by atoms with Crippen LogP contribution in [0.1, 0.15) is 39.7 Å². The molecule has 0 aliphatic rings. The average molecular weight is 370 g/mol. The van der Waals surface area contributed by atoms with Crippen LogP contribution in [0.25, 0.3) is 0 Å². The molecule has 0 bridgehead atoms. The van der Waals surface area contributed by atoms with Crippen LogP contribution in [0, 0.1) is 0 Å². The number of anilines is 1. The maximum Gasteiger partial charge on any atom is 0.407 e. The second kappa shape index (κ2) is 9.86. The SMILES string of the molecule is CC[C@@H](CNc1ccc(OCc2ccccc2)cc1)NC(=O)OC(C)(C)C. The van der Waals surface area contributed by atoms with Gasteiger partial charge in [0.05, 0.1) is 0 Å². The van der Waals surface area contributed by atoms with Gasteiger partial charge >= 0.3 is 6.09 Å². The molecule has 1 amide bonds. The Hall–Kier alpha value is -2.69. The number of nitrogens with one attached hydrogen (secondary N) is 2. The standard InChI is InChI=1S/C22H30N2O3/c1-5-18(24-21(25)27-22(2,3)4)15-23-19-11-13-20(14-12-19)26-16-17-9-7-6-8-10-17/h6-14,18,23H,5,15-16H2,1-4H3,(H,24,25)/t18-/m0/s1. The van der Waals surface area contributed by atoms with Crippen LogP contribution in [0.2, 0.25) is 0 Å². The molecule has 0 aliphatic heterocycles. The number of rotatable bonds is 8. The van der Waals surface area contributed by atoms with E-state index >= 15 is 0 Å². The Morgan fingerprint density at radius 1 is 1.04 bits per heavy atom. The van der Waals surface area contributed by atoms with Crippen LogP contribution in [-0.4, -0.2) is 24.3 Å². The Bertz CT molecular complexity index is 694. The van der Waals surface area contributed by atoms with Gasteiger partial charge in [-0.15, -0.1) is 0 Å². The molecule has 1 atom stereocenters. The van der Waals surface area contributed by atoms with Crippen LogP contribution in [0.15, 0.2) is 54.6 Å². The quantitative estimate of drug-likeness (QED) is 0.688. The van der Waals surface area contributed by atoms with Gasteiger partial charge in [-0.05, 0) is 57.0 Å². The van der Waals surface area contributed by atoms with E-state index in [2.05, 4.69) is 10.6 Å². The summed E-state index contributed by atoms with van der Waals surface area (Å²) in [5.41, 5.74) is 1.62. The Morgan fingerprint density at radius 3 is 2.30 bits per heavy atom. The molecule has 0 heterocycles. The summed E-state index contributed by atoms with van der Waals surface area (Å²) in [6.45, 7) is 8.77.